The molecule has 1 saturated carbocycles. The second-order valence-electron chi connectivity index (χ2n) is 6.71. The van der Waals surface area contributed by atoms with E-state index >= 15 is 0 Å². The number of fused-ring (bicyclic) bond motifs is 1. The Hall–Kier alpha value is -2.28. The summed E-state index contributed by atoms with van der Waals surface area (Å²) in [6.07, 6.45) is 4.54. The van der Waals surface area contributed by atoms with Crippen molar-refractivity contribution in [3.05, 3.63) is 12.1 Å². The molecule has 7 heteroatoms. The molecule has 0 unspecified atom stereocenters. The molecule has 0 bridgehead atoms. The lowest BCUT2D eigenvalue weighted by Crippen LogP contribution is -2.35. The van der Waals surface area contributed by atoms with Gasteiger partial charge in [0.1, 0.15) is 5.82 Å². The topological polar surface area (TPSA) is 80.3 Å². The van der Waals surface area contributed by atoms with Gasteiger partial charge in [-0.2, -0.15) is 4.98 Å². The average Bonchev–Trinajstić information content (AvgIpc) is 3.45. The van der Waals surface area contributed by atoms with Crippen molar-refractivity contribution in [2.45, 2.75) is 37.8 Å². The number of piperidine rings is 1. The molecular formula is C18H25N5O2. The first-order valence-corrected chi connectivity index (χ1v) is 8.94. The molecule has 3 N–H and O–H groups in total. The quantitative estimate of drug-likeness (QED) is 0.743. The third-order valence-electron chi connectivity index (χ3n) is 4.79. The molecule has 2 aromatic rings. The molecule has 1 aromatic heterocycles. The van der Waals surface area contributed by atoms with E-state index in [9.17, 15) is 0 Å². The van der Waals surface area contributed by atoms with Crippen molar-refractivity contribution in [1.29, 1.82) is 0 Å². The van der Waals surface area contributed by atoms with Gasteiger partial charge >= 0.3 is 0 Å². The van der Waals surface area contributed by atoms with E-state index in [-0.39, 0.29) is 0 Å². The molecule has 0 amide bonds. The summed E-state index contributed by atoms with van der Waals surface area (Å²) < 4.78 is 10.9. The van der Waals surface area contributed by atoms with E-state index in [1.165, 1.54) is 12.8 Å². The van der Waals surface area contributed by atoms with E-state index < -0.39 is 0 Å². The van der Waals surface area contributed by atoms with E-state index in [1.807, 2.05) is 12.1 Å². The monoisotopic (exact) mass is 343 g/mol. The number of anilines is 2. The van der Waals surface area contributed by atoms with Crippen LogP contribution in [0.2, 0.25) is 0 Å². The van der Waals surface area contributed by atoms with E-state index in [0.717, 1.165) is 42.7 Å². The van der Waals surface area contributed by atoms with E-state index in [1.54, 1.807) is 14.2 Å². The van der Waals surface area contributed by atoms with Crippen LogP contribution >= 0.6 is 0 Å². The van der Waals surface area contributed by atoms with E-state index in [2.05, 4.69) is 20.9 Å². The lowest BCUT2D eigenvalue weighted by atomic mass is 10.1. The van der Waals surface area contributed by atoms with Crippen LogP contribution in [0.15, 0.2) is 12.1 Å². The maximum absolute atomic E-state index is 5.46. The molecule has 134 valence electrons. The number of rotatable bonds is 6. The van der Waals surface area contributed by atoms with Crippen molar-refractivity contribution in [2.75, 3.05) is 37.9 Å². The molecule has 2 fully saturated rings. The highest BCUT2D eigenvalue weighted by molar-refractivity contribution is 5.92. The summed E-state index contributed by atoms with van der Waals surface area (Å²) >= 11 is 0. The van der Waals surface area contributed by atoms with Gasteiger partial charge in [0.25, 0.3) is 0 Å². The Morgan fingerprint density at radius 2 is 1.60 bits per heavy atom. The molecular weight excluding hydrogens is 318 g/mol. The molecule has 4 rings (SSSR count). The minimum Gasteiger partial charge on any atom is -0.493 e. The molecule has 0 radical (unpaired) electrons. The largest absolute Gasteiger partial charge is 0.493 e. The van der Waals surface area contributed by atoms with Crippen molar-refractivity contribution in [3.8, 4) is 11.5 Å². The minimum absolute atomic E-state index is 0.418. The highest BCUT2D eigenvalue weighted by Gasteiger charge is 2.23. The Morgan fingerprint density at radius 3 is 2.28 bits per heavy atom. The number of benzene rings is 1. The number of methoxy groups -OCH3 is 2. The van der Waals surface area contributed by atoms with Gasteiger partial charge in [0.15, 0.2) is 11.5 Å². The molecule has 7 nitrogen and oxygen atoms in total. The number of hydrogen-bond donors (Lipinski definition) is 3. The average molecular weight is 343 g/mol. The number of ether oxygens (including phenoxy) is 2. The zero-order chi connectivity index (χ0) is 17.2. The van der Waals surface area contributed by atoms with Crippen molar-refractivity contribution in [2.24, 2.45) is 0 Å². The number of nitrogens with one attached hydrogen (secondary N) is 3. The normalized spacial score (nSPS) is 18.2. The van der Waals surface area contributed by atoms with Gasteiger partial charge in [0.2, 0.25) is 5.95 Å². The van der Waals surface area contributed by atoms with Gasteiger partial charge in [0.05, 0.1) is 19.7 Å². The summed E-state index contributed by atoms with van der Waals surface area (Å²) in [7, 11) is 3.29. The first kappa shape index (κ1) is 16.2. The number of aromatic nitrogens is 2. The van der Waals surface area contributed by atoms with Crippen LogP contribution in [0.5, 0.6) is 11.5 Å². The second-order valence-corrected chi connectivity index (χ2v) is 6.71. The van der Waals surface area contributed by atoms with Crippen LogP contribution in [0, 0.1) is 0 Å². The summed E-state index contributed by atoms with van der Waals surface area (Å²) in [5, 5.41) is 11.4. The first-order chi connectivity index (χ1) is 12.3. The molecule has 1 saturated heterocycles. The Morgan fingerprint density at radius 1 is 0.920 bits per heavy atom. The molecule has 0 spiro atoms. The van der Waals surface area contributed by atoms with Crippen LogP contribution in [0.4, 0.5) is 11.8 Å². The fourth-order valence-electron chi connectivity index (χ4n) is 3.20. The third-order valence-corrected chi connectivity index (χ3v) is 4.79. The Bertz CT molecular complexity index is 757. The SMILES string of the molecule is COc1cc2nc(NC3CC3)nc(NC3CCNCC3)c2cc1OC. The zero-order valence-corrected chi connectivity index (χ0v) is 14.8. The van der Waals surface area contributed by atoms with Gasteiger partial charge in [-0.15, -0.1) is 0 Å². The first-order valence-electron chi connectivity index (χ1n) is 8.94. The van der Waals surface area contributed by atoms with E-state index in [4.69, 9.17) is 14.5 Å². The lowest BCUT2D eigenvalue weighted by molar-refractivity contribution is 0.356. The van der Waals surface area contributed by atoms with Gasteiger partial charge in [-0.25, -0.2) is 4.98 Å². The summed E-state index contributed by atoms with van der Waals surface area (Å²) in [4.78, 5) is 9.44. The number of nitrogens with zero attached hydrogens (tertiary/aromatic N) is 2. The predicted molar refractivity (Wildman–Crippen MR) is 98.8 cm³/mol. The summed E-state index contributed by atoms with van der Waals surface area (Å²) in [5.41, 5.74) is 0.854. The van der Waals surface area contributed by atoms with Crippen LogP contribution in [0.3, 0.4) is 0 Å². The predicted octanol–water partition coefficient (Wildman–Crippen LogP) is 2.39. The molecule has 0 atom stereocenters. The van der Waals surface area contributed by atoms with Crippen LogP contribution < -0.4 is 25.4 Å². The van der Waals surface area contributed by atoms with Gasteiger partial charge in [0, 0.05) is 23.5 Å². The highest BCUT2D eigenvalue weighted by Crippen LogP contribution is 2.35. The summed E-state index contributed by atoms with van der Waals surface area (Å²) in [5.74, 6) is 2.91. The Labute approximate surface area is 147 Å². The second kappa shape index (κ2) is 6.92. The van der Waals surface area contributed by atoms with Crippen molar-refractivity contribution in [1.82, 2.24) is 15.3 Å². The minimum atomic E-state index is 0.418. The van der Waals surface area contributed by atoms with Crippen molar-refractivity contribution in [3.63, 3.8) is 0 Å². The Balaban J connectivity index is 1.75. The molecule has 2 heterocycles. The smallest absolute Gasteiger partial charge is 0.225 e. The third kappa shape index (κ3) is 3.56. The van der Waals surface area contributed by atoms with Gasteiger partial charge < -0.3 is 25.4 Å². The Kier molecular flexibility index (Phi) is 4.48. The van der Waals surface area contributed by atoms with Crippen LogP contribution in [-0.2, 0) is 0 Å². The van der Waals surface area contributed by atoms with Crippen LogP contribution in [0.25, 0.3) is 10.9 Å². The molecule has 1 aromatic carbocycles. The van der Waals surface area contributed by atoms with Gasteiger partial charge in [-0.1, -0.05) is 0 Å². The standard InChI is InChI=1S/C18H25N5O2/c1-24-15-9-13-14(10-16(15)25-2)22-18(21-11-3-4-11)23-17(13)20-12-5-7-19-8-6-12/h9-12,19H,3-8H2,1-2H3,(H2,20,21,22,23). The zero-order valence-electron chi connectivity index (χ0n) is 14.8. The van der Waals surface area contributed by atoms with Gasteiger partial charge in [-0.3, -0.25) is 0 Å². The molecule has 2 aliphatic rings. The van der Waals surface area contributed by atoms with Crippen molar-refractivity contribution >= 4 is 22.7 Å². The molecule has 25 heavy (non-hydrogen) atoms. The fraction of sp³-hybridized carbons (Fsp3) is 0.556. The fourth-order valence-corrected chi connectivity index (χ4v) is 3.20. The summed E-state index contributed by atoms with van der Waals surface area (Å²) in [6, 6.07) is 4.80. The summed E-state index contributed by atoms with van der Waals surface area (Å²) in [6.45, 7) is 2.07. The maximum Gasteiger partial charge on any atom is 0.225 e. The molecule has 1 aliphatic heterocycles. The maximum atomic E-state index is 5.46. The highest BCUT2D eigenvalue weighted by atomic mass is 16.5. The van der Waals surface area contributed by atoms with Crippen molar-refractivity contribution < 1.29 is 9.47 Å². The van der Waals surface area contributed by atoms with Crippen LogP contribution in [-0.4, -0.2) is 49.4 Å². The number of hydrogen-bond acceptors (Lipinski definition) is 7. The molecule has 1 aliphatic carbocycles. The van der Waals surface area contributed by atoms with Crippen LogP contribution in [0.1, 0.15) is 25.7 Å². The lowest BCUT2D eigenvalue weighted by Gasteiger charge is -2.25. The van der Waals surface area contributed by atoms with Gasteiger partial charge in [-0.05, 0) is 44.8 Å². The van der Waals surface area contributed by atoms with E-state index in [0.29, 0.717) is 29.5 Å².